The van der Waals surface area contributed by atoms with Crippen LogP contribution in [-0.4, -0.2) is 17.9 Å². The second kappa shape index (κ2) is 5.82. The van der Waals surface area contributed by atoms with E-state index in [1.165, 1.54) is 24.8 Å². The van der Waals surface area contributed by atoms with Gasteiger partial charge in [0.25, 0.3) is 0 Å². The third-order valence-corrected chi connectivity index (χ3v) is 8.03. The van der Waals surface area contributed by atoms with E-state index in [1.54, 1.807) is 6.08 Å². The van der Waals surface area contributed by atoms with Crippen LogP contribution >= 0.6 is 0 Å². The molecule has 0 aromatic carbocycles. The van der Waals surface area contributed by atoms with Gasteiger partial charge in [-0.2, -0.15) is 0 Å². The highest BCUT2D eigenvalue weighted by Crippen LogP contribution is 2.64. The zero-order valence-electron chi connectivity index (χ0n) is 15.7. The fourth-order valence-electron chi connectivity index (χ4n) is 6.59. The van der Waals surface area contributed by atoms with E-state index in [1.807, 2.05) is 13.0 Å². The molecule has 4 aliphatic carbocycles. The standard InChI is InChI=1S/C22H30O3/c1-4-20(24)25-19-8-7-17-16-6-5-14-13-15(23)9-11-21(14,2)18(16)10-12-22(17,19)3/h9,11,13,16-19H,4-8,10,12H2,1-3H3/t16-,17+,18+,19+,21-,22-/m0/s1. The summed E-state index contributed by atoms with van der Waals surface area (Å²) in [5.74, 6) is 2.05. The smallest absolute Gasteiger partial charge is 0.305 e. The minimum Gasteiger partial charge on any atom is -0.462 e. The summed E-state index contributed by atoms with van der Waals surface area (Å²) in [6.45, 7) is 6.58. The van der Waals surface area contributed by atoms with Crippen LogP contribution in [0, 0.1) is 28.6 Å². The van der Waals surface area contributed by atoms with Crippen molar-refractivity contribution in [2.24, 2.45) is 28.6 Å². The number of hydrogen-bond donors (Lipinski definition) is 0. The second-order valence-electron chi connectivity index (χ2n) is 9.06. The summed E-state index contributed by atoms with van der Waals surface area (Å²) in [6.07, 6.45) is 13.1. The van der Waals surface area contributed by atoms with Gasteiger partial charge in [-0.05, 0) is 68.4 Å². The first-order valence-electron chi connectivity index (χ1n) is 10.0. The van der Waals surface area contributed by atoms with Crippen LogP contribution in [0.2, 0.25) is 0 Å². The summed E-state index contributed by atoms with van der Waals surface area (Å²) in [5.41, 5.74) is 1.53. The van der Waals surface area contributed by atoms with E-state index in [4.69, 9.17) is 4.74 Å². The van der Waals surface area contributed by atoms with Gasteiger partial charge in [0.2, 0.25) is 0 Å². The number of carbonyl (C=O) groups is 2. The number of esters is 1. The maximum atomic E-state index is 11.9. The lowest BCUT2D eigenvalue weighted by molar-refractivity contribution is -0.158. The molecule has 0 aliphatic heterocycles. The number of hydrogen-bond acceptors (Lipinski definition) is 3. The van der Waals surface area contributed by atoms with Gasteiger partial charge in [0.1, 0.15) is 6.10 Å². The molecular formula is C22H30O3. The van der Waals surface area contributed by atoms with E-state index in [-0.39, 0.29) is 28.7 Å². The van der Waals surface area contributed by atoms with Crippen molar-refractivity contribution in [3.05, 3.63) is 23.8 Å². The van der Waals surface area contributed by atoms with Crippen molar-refractivity contribution in [1.82, 2.24) is 0 Å². The molecule has 0 bridgehead atoms. The van der Waals surface area contributed by atoms with Crippen LogP contribution in [0.25, 0.3) is 0 Å². The SMILES string of the molecule is CCC(=O)O[C@@H]1CC[C@@H]2[C@@H]3CCC4=CC(=O)C=C[C@]4(C)[C@@H]3CC[C@@]21C. The second-order valence-corrected chi connectivity index (χ2v) is 9.06. The van der Waals surface area contributed by atoms with Crippen molar-refractivity contribution < 1.29 is 14.3 Å². The number of ether oxygens (including phenoxy) is 1. The molecule has 0 radical (unpaired) electrons. The number of fused-ring (bicyclic) bond motifs is 5. The maximum Gasteiger partial charge on any atom is 0.305 e. The summed E-state index contributed by atoms with van der Waals surface area (Å²) >= 11 is 0. The Morgan fingerprint density at radius 1 is 1.20 bits per heavy atom. The van der Waals surface area contributed by atoms with Gasteiger partial charge in [-0.15, -0.1) is 0 Å². The van der Waals surface area contributed by atoms with Crippen molar-refractivity contribution in [3.63, 3.8) is 0 Å². The molecule has 3 heteroatoms. The molecule has 4 aliphatic rings. The van der Waals surface area contributed by atoms with Gasteiger partial charge in [0, 0.05) is 17.3 Å². The van der Waals surface area contributed by atoms with Crippen molar-refractivity contribution in [1.29, 1.82) is 0 Å². The van der Waals surface area contributed by atoms with Crippen LogP contribution in [-0.2, 0) is 14.3 Å². The van der Waals surface area contributed by atoms with Crippen LogP contribution in [0.15, 0.2) is 23.8 Å². The Kier molecular flexibility index (Phi) is 3.97. The summed E-state index contributed by atoms with van der Waals surface area (Å²) < 4.78 is 5.85. The molecule has 3 nitrogen and oxygen atoms in total. The molecular weight excluding hydrogens is 312 g/mol. The Labute approximate surface area is 150 Å². The fraction of sp³-hybridized carbons (Fsp3) is 0.727. The molecule has 6 atom stereocenters. The van der Waals surface area contributed by atoms with E-state index in [0.717, 1.165) is 19.3 Å². The quantitative estimate of drug-likeness (QED) is 0.688. The van der Waals surface area contributed by atoms with Gasteiger partial charge in [-0.3, -0.25) is 9.59 Å². The van der Waals surface area contributed by atoms with Gasteiger partial charge < -0.3 is 4.74 Å². The number of carbonyl (C=O) groups excluding carboxylic acids is 2. The number of rotatable bonds is 2. The van der Waals surface area contributed by atoms with Crippen LogP contribution in [0.4, 0.5) is 0 Å². The van der Waals surface area contributed by atoms with Gasteiger partial charge in [0.05, 0.1) is 0 Å². The van der Waals surface area contributed by atoms with Crippen molar-refractivity contribution in [3.8, 4) is 0 Å². The predicted octanol–water partition coefficient (Wildman–Crippen LogP) is 4.62. The van der Waals surface area contributed by atoms with Gasteiger partial charge in [0.15, 0.2) is 5.78 Å². The zero-order valence-corrected chi connectivity index (χ0v) is 15.7. The average Bonchev–Trinajstić information content (AvgIpc) is 2.92. The normalized spacial score (nSPS) is 45.2. The van der Waals surface area contributed by atoms with E-state index >= 15 is 0 Å². The highest BCUT2D eigenvalue weighted by molar-refractivity contribution is 6.01. The lowest BCUT2D eigenvalue weighted by Crippen LogP contribution is -2.51. The van der Waals surface area contributed by atoms with Crippen molar-refractivity contribution >= 4 is 11.8 Å². The minimum atomic E-state index is -0.0523. The summed E-state index contributed by atoms with van der Waals surface area (Å²) in [5, 5.41) is 0. The lowest BCUT2D eigenvalue weighted by atomic mass is 9.48. The van der Waals surface area contributed by atoms with E-state index < -0.39 is 0 Å². The van der Waals surface area contributed by atoms with Crippen molar-refractivity contribution in [2.45, 2.75) is 71.8 Å². The molecule has 0 spiro atoms. The molecule has 25 heavy (non-hydrogen) atoms. The number of ketones is 1. The van der Waals surface area contributed by atoms with Crippen LogP contribution in [0.1, 0.15) is 65.7 Å². The molecule has 0 amide bonds. The average molecular weight is 342 g/mol. The highest BCUT2D eigenvalue weighted by atomic mass is 16.5. The molecule has 0 aromatic rings. The molecule has 0 aromatic heterocycles. The number of allylic oxidation sites excluding steroid dienone is 4. The van der Waals surface area contributed by atoms with Crippen LogP contribution < -0.4 is 0 Å². The van der Waals surface area contributed by atoms with E-state index in [0.29, 0.717) is 24.2 Å². The molecule has 0 unspecified atom stereocenters. The molecule has 4 rings (SSSR count). The Bertz CT molecular complexity index is 660. The summed E-state index contributed by atoms with van der Waals surface area (Å²) in [4.78, 5) is 23.7. The van der Waals surface area contributed by atoms with Gasteiger partial charge >= 0.3 is 5.97 Å². The molecule has 0 N–H and O–H groups in total. The maximum absolute atomic E-state index is 11.9. The van der Waals surface area contributed by atoms with Crippen molar-refractivity contribution in [2.75, 3.05) is 0 Å². The Morgan fingerprint density at radius 3 is 2.76 bits per heavy atom. The van der Waals surface area contributed by atoms with Gasteiger partial charge in [-0.25, -0.2) is 0 Å². The summed E-state index contributed by atoms with van der Waals surface area (Å²) in [7, 11) is 0. The van der Waals surface area contributed by atoms with Gasteiger partial charge in [-0.1, -0.05) is 32.4 Å². The molecule has 0 saturated heterocycles. The third-order valence-electron chi connectivity index (χ3n) is 8.03. The van der Waals surface area contributed by atoms with Crippen LogP contribution in [0.3, 0.4) is 0 Å². The molecule has 0 heterocycles. The van der Waals surface area contributed by atoms with E-state index in [2.05, 4.69) is 19.9 Å². The largest absolute Gasteiger partial charge is 0.462 e. The van der Waals surface area contributed by atoms with E-state index in [9.17, 15) is 9.59 Å². The summed E-state index contributed by atoms with van der Waals surface area (Å²) in [6, 6.07) is 0. The molecule has 136 valence electrons. The minimum absolute atomic E-state index is 0.0519. The Hall–Kier alpha value is -1.38. The highest BCUT2D eigenvalue weighted by Gasteiger charge is 2.59. The third kappa shape index (κ3) is 2.45. The Morgan fingerprint density at radius 2 is 2.00 bits per heavy atom. The predicted molar refractivity (Wildman–Crippen MR) is 96.8 cm³/mol. The zero-order chi connectivity index (χ0) is 17.8. The Balaban J connectivity index is 1.60. The first-order valence-corrected chi connectivity index (χ1v) is 10.0. The van der Waals surface area contributed by atoms with Crippen LogP contribution in [0.5, 0.6) is 0 Å². The topological polar surface area (TPSA) is 43.4 Å². The lowest BCUT2D eigenvalue weighted by Gasteiger charge is -2.56. The molecule has 3 fully saturated rings. The molecule has 3 saturated carbocycles. The first kappa shape index (κ1) is 17.1. The first-order chi connectivity index (χ1) is 11.9. The fourth-order valence-corrected chi connectivity index (χ4v) is 6.59. The monoisotopic (exact) mass is 342 g/mol.